The predicted octanol–water partition coefficient (Wildman–Crippen LogP) is 3.64. The molecule has 5 rings (SSSR count). The quantitative estimate of drug-likeness (QED) is 0.489. The Balaban J connectivity index is 1.83. The summed E-state index contributed by atoms with van der Waals surface area (Å²) in [6.07, 6.45) is 1.94. The number of amides is 1. The molecule has 1 aliphatic heterocycles. The SMILES string of the molecule is O=C(Cn1c(=O)n(-c2ccccc2Cl)c(=O)c2sc3ccccc3c21)N1CCCC1. The van der Waals surface area contributed by atoms with Crippen molar-refractivity contribution in [1.29, 1.82) is 0 Å². The lowest BCUT2D eigenvalue weighted by Gasteiger charge is -2.18. The fourth-order valence-electron chi connectivity index (χ4n) is 4.04. The van der Waals surface area contributed by atoms with Gasteiger partial charge in [0.05, 0.1) is 16.2 Å². The maximum atomic E-state index is 13.5. The standard InChI is InChI=1S/C22H18ClN3O3S/c23-15-8-2-3-9-16(15)26-21(28)20-19(14-7-1-4-10-17(14)30-20)25(22(26)29)13-18(27)24-11-5-6-12-24/h1-4,7-10H,5-6,11-13H2. The van der Waals surface area contributed by atoms with Crippen molar-refractivity contribution >= 4 is 49.1 Å². The van der Waals surface area contributed by atoms with Crippen molar-refractivity contribution < 1.29 is 4.79 Å². The maximum absolute atomic E-state index is 13.5. The van der Waals surface area contributed by atoms with Crippen molar-refractivity contribution in [3.63, 3.8) is 0 Å². The molecule has 30 heavy (non-hydrogen) atoms. The molecule has 152 valence electrons. The third-order valence-corrected chi connectivity index (χ3v) is 6.97. The monoisotopic (exact) mass is 439 g/mol. The first kappa shape index (κ1) is 19.1. The van der Waals surface area contributed by atoms with Crippen LogP contribution in [0.25, 0.3) is 26.0 Å². The van der Waals surface area contributed by atoms with Crippen LogP contribution < -0.4 is 11.2 Å². The lowest BCUT2D eigenvalue weighted by Crippen LogP contribution is -2.42. The number of nitrogens with zero attached hydrogens (tertiary/aromatic N) is 3. The summed E-state index contributed by atoms with van der Waals surface area (Å²) in [5.74, 6) is -0.115. The summed E-state index contributed by atoms with van der Waals surface area (Å²) in [5.41, 5.74) is -0.150. The average Bonchev–Trinajstić information content (AvgIpc) is 3.41. The first-order chi connectivity index (χ1) is 14.6. The number of hydrogen-bond donors (Lipinski definition) is 0. The molecule has 6 nitrogen and oxygen atoms in total. The molecule has 1 aliphatic rings. The fourth-order valence-corrected chi connectivity index (χ4v) is 5.40. The Morgan fingerprint density at radius 3 is 2.47 bits per heavy atom. The lowest BCUT2D eigenvalue weighted by molar-refractivity contribution is -0.130. The van der Waals surface area contributed by atoms with E-state index in [1.165, 1.54) is 15.9 Å². The molecule has 0 N–H and O–H groups in total. The first-order valence-corrected chi connectivity index (χ1v) is 11.0. The highest BCUT2D eigenvalue weighted by molar-refractivity contribution is 7.25. The predicted molar refractivity (Wildman–Crippen MR) is 120 cm³/mol. The molecule has 2 aromatic heterocycles. The van der Waals surface area contributed by atoms with Gasteiger partial charge >= 0.3 is 5.69 Å². The number of rotatable bonds is 3. The number of carbonyl (C=O) groups is 1. The zero-order chi connectivity index (χ0) is 20.8. The number of hydrogen-bond acceptors (Lipinski definition) is 4. The molecule has 1 amide bonds. The van der Waals surface area contributed by atoms with Gasteiger partial charge in [0, 0.05) is 23.2 Å². The third-order valence-electron chi connectivity index (χ3n) is 5.50. The van der Waals surface area contributed by atoms with Gasteiger partial charge in [-0.15, -0.1) is 11.3 Å². The minimum absolute atomic E-state index is 0.110. The number of aromatic nitrogens is 2. The van der Waals surface area contributed by atoms with Crippen molar-refractivity contribution in [3.05, 3.63) is 74.4 Å². The van der Waals surface area contributed by atoms with Gasteiger partial charge in [-0.05, 0) is 31.0 Å². The molecule has 1 saturated heterocycles. The smallest absolute Gasteiger partial charge is 0.336 e. The second-order valence-corrected chi connectivity index (χ2v) is 8.78. The van der Waals surface area contributed by atoms with Crippen LogP contribution in [0.15, 0.2) is 58.1 Å². The summed E-state index contributed by atoms with van der Waals surface area (Å²) in [6, 6.07) is 14.3. The van der Waals surface area contributed by atoms with Crippen LogP contribution in [0.5, 0.6) is 0 Å². The molecule has 8 heteroatoms. The number of likely N-dealkylation sites (tertiary alicyclic amines) is 1. The summed E-state index contributed by atoms with van der Waals surface area (Å²) >= 11 is 7.64. The highest BCUT2D eigenvalue weighted by Crippen LogP contribution is 2.31. The lowest BCUT2D eigenvalue weighted by atomic mass is 10.2. The number of para-hydroxylation sites is 1. The van der Waals surface area contributed by atoms with Crippen LogP contribution >= 0.6 is 22.9 Å². The van der Waals surface area contributed by atoms with Crippen LogP contribution in [0, 0.1) is 0 Å². The van der Waals surface area contributed by atoms with E-state index >= 15 is 0 Å². The number of halogens is 1. The van der Waals surface area contributed by atoms with Crippen molar-refractivity contribution in [1.82, 2.24) is 14.0 Å². The second-order valence-electron chi connectivity index (χ2n) is 7.32. The Morgan fingerprint density at radius 2 is 1.70 bits per heavy atom. The Hall–Kier alpha value is -2.90. The molecular formula is C22H18ClN3O3S. The van der Waals surface area contributed by atoms with E-state index in [0.717, 1.165) is 27.5 Å². The van der Waals surface area contributed by atoms with Gasteiger partial charge in [-0.1, -0.05) is 41.9 Å². The van der Waals surface area contributed by atoms with Crippen LogP contribution in [-0.2, 0) is 11.3 Å². The summed E-state index contributed by atoms with van der Waals surface area (Å²) in [6.45, 7) is 1.29. The van der Waals surface area contributed by atoms with Gasteiger partial charge < -0.3 is 4.90 Å². The van der Waals surface area contributed by atoms with Gasteiger partial charge in [-0.2, -0.15) is 0 Å². The van der Waals surface area contributed by atoms with Gasteiger partial charge in [-0.3, -0.25) is 14.2 Å². The zero-order valence-corrected chi connectivity index (χ0v) is 17.6. The first-order valence-electron chi connectivity index (χ1n) is 9.76. The second kappa shape index (κ2) is 7.41. The highest BCUT2D eigenvalue weighted by atomic mass is 35.5. The van der Waals surface area contributed by atoms with E-state index in [1.54, 1.807) is 29.2 Å². The van der Waals surface area contributed by atoms with Gasteiger partial charge in [0.15, 0.2) is 0 Å². The third kappa shape index (κ3) is 2.97. The van der Waals surface area contributed by atoms with E-state index in [1.807, 2.05) is 24.3 Å². The Morgan fingerprint density at radius 1 is 1.00 bits per heavy atom. The molecule has 0 aliphatic carbocycles. The van der Waals surface area contributed by atoms with Crippen LogP contribution in [0.4, 0.5) is 0 Å². The van der Waals surface area contributed by atoms with Gasteiger partial charge in [-0.25, -0.2) is 9.36 Å². The Bertz CT molecular complexity index is 1410. The largest absolute Gasteiger partial charge is 0.341 e. The minimum Gasteiger partial charge on any atom is -0.341 e. The number of thiophene rings is 1. The molecule has 0 radical (unpaired) electrons. The molecule has 0 saturated carbocycles. The number of fused-ring (bicyclic) bond motifs is 3. The summed E-state index contributed by atoms with van der Waals surface area (Å²) in [5, 5.41) is 1.10. The molecule has 2 aromatic carbocycles. The van der Waals surface area contributed by atoms with Crippen LogP contribution in [0.1, 0.15) is 12.8 Å². The highest BCUT2D eigenvalue weighted by Gasteiger charge is 2.24. The van der Waals surface area contributed by atoms with Crippen LogP contribution in [0.2, 0.25) is 5.02 Å². The van der Waals surface area contributed by atoms with Gasteiger partial charge in [0.2, 0.25) is 5.91 Å². The van der Waals surface area contributed by atoms with Crippen LogP contribution in [0.3, 0.4) is 0 Å². The molecule has 0 spiro atoms. The molecular weight excluding hydrogens is 422 g/mol. The van der Waals surface area contributed by atoms with E-state index in [9.17, 15) is 14.4 Å². The summed E-state index contributed by atoms with van der Waals surface area (Å²) in [7, 11) is 0. The fraction of sp³-hybridized carbons (Fsp3) is 0.227. The van der Waals surface area contributed by atoms with Crippen LogP contribution in [-0.4, -0.2) is 33.0 Å². The van der Waals surface area contributed by atoms with Crippen molar-refractivity contribution in [3.8, 4) is 5.69 Å². The van der Waals surface area contributed by atoms with Crippen molar-refractivity contribution in [2.45, 2.75) is 19.4 Å². The van der Waals surface area contributed by atoms with Gasteiger partial charge in [0.1, 0.15) is 11.2 Å². The molecule has 3 heterocycles. The Labute approximate surface area is 180 Å². The van der Waals surface area contributed by atoms with E-state index in [0.29, 0.717) is 34.0 Å². The normalized spacial score (nSPS) is 14.1. The van der Waals surface area contributed by atoms with Gasteiger partial charge in [0.25, 0.3) is 5.56 Å². The molecule has 0 atom stereocenters. The Kier molecular flexibility index (Phi) is 4.72. The summed E-state index contributed by atoms with van der Waals surface area (Å²) < 4.78 is 3.84. The topological polar surface area (TPSA) is 64.3 Å². The number of carbonyl (C=O) groups excluding carboxylic acids is 1. The number of benzene rings is 2. The van der Waals surface area contributed by atoms with E-state index < -0.39 is 11.2 Å². The average molecular weight is 440 g/mol. The molecule has 0 bridgehead atoms. The van der Waals surface area contributed by atoms with Crippen molar-refractivity contribution in [2.24, 2.45) is 0 Å². The van der Waals surface area contributed by atoms with Crippen molar-refractivity contribution in [2.75, 3.05) is 13.1 Å². The molecule has 1 fully saturated rings. The zero-order valence-electron chi connectivity index (χ0n) is 16.0. The minimum atomic E-state index is -0.559. The molecule has 0 unspecified atom stereocenters. The van der Waals surface area contributed by atoms with E-state index in [2.05, 4.69) is 0 Å². The summed E-state index contributed by atoms with van der Waals surface area (Å²) in [4.78, 5) is 41.6. The van der Waals surface area contributed by atoms with E-state index in [-0.39, 0.29) is 12.5 Å². The molecule has 4 aromatic rings. The van der Waals surface area contributed by atoms with E-state index in [4.69, 9.17) is 11.6 Å². The maximum Gasteiger partial charge on any atom is 0.336 e.